The molecule has 0 aromatic heterocycles. The molecule has 0 saturated heterocycles. The second-order valence-electron chi connectivity index (χ2n) is 6.40. The summed E-state index contributed by atoms with van der Waals surface area (Å²) in [6, 6.07) is 8.30. The van der Waals surface area contributed by atoms with E-state index in [1.54, 1.807) is 14.1 Å². The molecule has 0 unspecified atom stereocenters. The minimum absolute atomic E-state index is 0.566. The van der Waals surface area contributed by atoms with Crippen molar-refractivity contribution in [3.05, 3.63) is 54.2 Å². The highest BCUT2D eigenvalue weighted by atomic mass is 15.2. The van der Waals surface area contributed by atoms with Crippen molar-refractivity contribution in [1.29, 1.82) is 0 Å². The fourth-order valence-electron chi connectivity index (χ4n) is 2.53. The van der Waals surface area contributed by atoms with Crippen molar-refractivity contribution in [3.8, 4) is 0 Å². The van der Waals surface area contributed by atoms with Gasteiger partial charge in [0, 0.05) is 26.3 Å². The number of rotatable bonds is 8. The van der Waals surface area contributed by atoms with Gasteiger partial charge in [0.1, 0.15) is 11.7 Å². The molecule has 5 heteroatoms. The van der Waals surface area contributed by atoms with Gasteiger partial charge in [-0.15, -0.1) is 0 Å². The van der Waals surface area contributed by atoms with Crippen LogP contribution in [0.5, 0.6) is 0 Å². The highest BCUT2D eigenvalue weighted by Crippen LogP contribution is 2.12. The lowest BCUT2D eigenvalue weighted by Gasteiger charge is -2.28. The van der Waals surface area contributed by atoms with Gasteiger partial charge in [-0.1, -0.05) is 49.9 Å². The maximum absolute atomic E-state index is 4.50. The van der Waals surface area contributed by atoms with Gasteiger partial charge in [-0.05, 0) is 32.8 Å². The Morgan fingerprint density at radius 1 is 1.07 bits per heavy atom. The van der Waals surface area contributed by atoms with Crippen LogP contribution in [0.2, 0.25) is 0 Å². The predicted octanol–water partition coefficient (Wildman–Crippen LogP) is 4.32. The lowest BCUT2D eigenvalue weighted by Crippen LogP contribution is -2.39. The van der Waals surface area contributed by atoms with E-state index in [1.165, 1.54) is 5.56 Å². The first-order valence-corrected chi connectivity index (χ1v) is 9.24. The summed E-state index contributed by atoms with van der Waals surface area (Å²) < 4.78 is 0. The summed E-state index contributed by atoms with van der Waals surface area (Å²) in [6.45, 7) is 17.8. The number of nitrogens with one attached hydrogen (secondary N) is 1. The number of nitrogens with zero attached hydrogens (tertiary/aromatic N) is 4. The zero-order valence-corrected chi connectivity index (χ0v) is 17.6. The number of amidine groups is 2. The molecule has 0 aliphatic heterocycles. The zero-order chi connectivity index (χ0) is 20.4. The number of aryl methyl sites for hydroxylation is 1. The first-order chi connectivity index (χ1) is 12.8. The third-order valence-electron chi connectivity index (χ3n) is 4.27. The van der Waals surface area contributed by atoms with Crippen LogP contribution >= 0.6 is 0 Å². The number of benzene rings is 1. The van der Waals surface area contributed by atoms with Crippen LogP contribution in [0.25, 0.3) is 5.70 Å². The molecule has 1 aromatic rings. The summed E-state index contributed by atoms with van der Waals surface area (Å²) >= 11 is 0. The van der Waals surface area contributed by atoms with E-state index in [4.69, 9.17) is 0 Å². The van der Waals surface area contributed by atoms with E-state index in [1.807, 2.05) is 13.8 Å². The van der Waals surface area contributed by atoms with Gasteiger partial charge >= 0.3 is 0 Å². The summed E-state index contributed by atoms with van der Waals surface area (Å²) in [5.41, 5.74) is 4.85. The number of hydrogen-bond donors (Lipinski definition) is 1. The molecule has 0 atom stereocenters. The Balaban J connectivity index is 2.91. The molecule has 146 valence electrons. The molecule has 1 rings (SSSR count). The predicted molar refractivity (Wildman–Crippen MR) is 120 cm³/mol. The van der Waals surface area contributed by atoms with E-state index < -0.39 is 0 Å². The van der Waals surface area contributed by atoms with Crippen molar-refractivity contribution in [2.75, 3.05) is 27.2 Å². The van der Waals surface area contributed by atoms with Crippen LogP contribution in [0.4, 0.5) is 0 Å². The second-order valence-corrected chi connectivity index (χ2v) is 6.40. The Bertz CT molecular complexity index is 738. The average molecular weight is 368 g/mol. The minimum Gasteiger partial charge on any atom is -0.378 e. The molecule has 5 nitrogen and oxygen atoms in total. The molecule has 0 radical (unpaired) electrons. The Labute approximate surface area is 164 Å². The van der Waals surface area contributed by atoms with Gasteiger partial charge < -0.3 is 10.2 Å². The molecule has 0 saturated carbocycles. The van der Waals surface area contributed by atoms with E-state index in [-0.39, 0.29) is 0 Å². The van der Waals surface area contributed by atoms with Crippen LogP contribution < -0.4 is 5.32 Å². The first-order valence-electron chi connectivity index (χ1n) is 9.24. The van der Waals surface area contributed by atoms with Crippen molar-refractivity contribution in [1.82, 2.24) is 10.2 Å². The summed E-state index contributed by atoms with van der Waals surface area (Å²) in [4.78, 5) is 15.2. The van der Waals surface area contributed by atoms with Crippen molar-refractivity contribution in [3.63, 3.8) is 0 Å². The van der Waals surface area contributed by atoms with Gasteiger partial charge in [-0.25, -0.2) is 4.99 Å². The standard InChI is InChI=1S/C22H33N5/c1-9-14-27(19(5)17(3)26-20(6)23-7)22(24-8)15-25-18(4)21-12-10-16(2)11-13-21/h10-13,25H,4-5,9,14-15H2,1-3,6-8H3. The maximum atomic E-state index is 4.50. The smallest absolute Gasteiger partial charge is 0.123 e. The normalized spacial score (nSPS) is 12.7. The second kappa shape index (κ2) is 11.1. The average Bonchev–Trinajstić information content (AvgIpc) is 2.67. The van der Waals surface area contributed by atoms with Crippen LogP contribution in [0.15, 0.2) is 58.1 Å². The lowest BCUT2D eigenvalue weighted by atomic mass is 10.1. The molecular formula is C22H33N5. The van der Waals surface area contributed by atoms with Crippen molar-refractivity contribution < 1.29 is 0 Å². The van der Waals surface area contributed by atoms with Crippen LogP contribution in [0.3, 0.4) is 0 Å². The molecule has 27 heavy (non-hydrogen) atoms. The van der Waals surface area contributed by atoms with Gasteiger partial charge in [0.2, 0.25) is 0 Å². The van der Waals surface area contributed by atoms with Crippen LogP contribution in [-0.4, -0.2) is 49.5 Å². The number of hydrogen-bond acceptors (Lipinski definition) is 3. The third kappa shape index (κ3) is 6.85. The third-order valence-corrected chi connectivity index (χ3v) is 4.27. The quantitative estimate of drug-likeness (QED) is 0.549. The van der Waals surface area contributed by atoms with Crippen molar-refractivity contribution in [2.45, 2.75) is 34.1 Å². The largest absolute Gasteiger partial charge is 0.378 e. The van der Waals surface area contributed by atoms with Crippen LogP contribution in [0.1, 0.15) is 38.3 Å². The Hall–Kier alpha value is -2.69. The summed E-state index contributed by atoms with van der Waals surface area (Å²) in [7, 11) is 3.53. The van der Waals surface area contributed by atoms with Gasteiger partial charge in [0.15, 0.2) is 0 Å². The molecule has 0 heterocycles. The Kier molecular flexibility index (Phi) is 9.20. The van der Waals surface area contributed by atoms with Crippen LogP contribution in [0, 0.1) is 6.92 Å². The summed E-state index contributed by atoms with van der Waals surface area (Å²) in [5.74, 6) is 1.63. The maximum Gasteiger partial charge on any atom is 0.123 e. The molecule has 0 spiro atoms. The highest BCUT2D eigenvalue weighted by Gasteiger charge is 2.16. The molecule has 0 aliphatic rings. The monoisotopic (exact) mass is 367 g/mol. The molecule has 1 aromatic carbocycles. The fourth-order valence-corrected chi connectivity index (χ4v) is 2.53. The fraction of sp³-hybridized carbons (Fsp3) is 0.409. The van der Waals surface area contributed by atoms with E-state index >= 15 is 0 Å². The molecule has 0 aliphatic carbocycles. The van der Waals surface area contributed by atoms with Gasteiger partial charge in [0.05, 0.1) is 18.0 Å². The van der Waals surface area contributed by atoms with Gasteiger partial charge in [0.25, 0.3) is 0 Å². The Morgan fingerprint density at radius 2 is 1.70 bits per heavy atom. The van der Waals surface area contributed by atoms with E-state index in [2.05, 4.69) is 76.5 Å². The summed E-state index contributed by atoms with van der Waals surface area (Å²) in [5, 5.41) is 3.38. The molecule has 0 bridgehead atoms. The summed E-state index contributed by atoms with van der Waals surface area (Å²) in [6.07, 6.45) is 0.977. The number of aliphatic imine (C=N–C) groups is 3. The van der Waals surface area contributed by atoms with Crippen molar-refractivity contribution in [2.24, 2.45) is 15.0 Å². The molecule has 0 fully saturated rings. The van der Waals surface area contributed by atoms with E-state index in [0.29, 0.717) is 6.54 Å². The number of allylic oxidation sites excluding steroid dienone is 1. The Morgan fingerprint density at radius 3 is 2.22 bits per heavy atom. The molecule has 0 amide bonds. The van der Waals surface area contributed by atoms with Crippen LogP contribution in [-0.2, 0) is 0 Å². The topological polar surface area (TPSA) is 52.4 Å². The molecule has 1 N–H and O–H groups in total. The van der Waals surface area contributed by atoms with Crippen molar-refractivity contribution >= 4 is 23.1 Å². The molecular weight excluding hydrogens is 334 g/mol. The SMILES string of the molecule is C=C(NCC(=NC)N(CCC)C(=C)C(C)=NC(C)=NC)c1ccc(C)cc1. The first kappa shape index (κ1) is 22.4. The van der Waals surface area contributed by atoms with Gasteiger partial charge in [-0.3, -0.25) is 9.98 Å². The van der Waals surface area contributed by atoms with E-state index in [0.717, 1.165) is 47.3 Å². The minimum atomic E-state index is 0.566. The van der Waals surface area contributed by atoms with Gasteiger partial charge in [-0.2, -0.15) is 0 Å². The zero-order valence-electron chi connectivity index (χ0n) is 17.6. The van der Waals surface area contributed by atoms with E-state index in [9.17, 15) is 0 Å². The highest BCUT2D eigenvalue weighted by molar-refractivity contribution is 6.07. The lowest BCUT2D eigenvalue weighted by molar-refractivity contribution is 0.519.